The Labute approximate surface area is 89.0 Å². The number of morpholine rings is 1. The molecule has 1 aliphatic heterocycles. The Bertz CT molecular complexity index is 351. The third-order valence-electron chi connectivity index (χ3n) is 3.01. The van der Waals surface area contributed by atoms with Crippen molar-refractivity contribution in [2.24, 2.45) is 0 Å². The molecule has 0 bridgehead atoms. The highest BCUT2D eigenvalue weighted by atomic mass is 16.5. The zero-order chi connectivity index (χ0) is 10.3. The van der Waals surface area contributed by atoms with Crippen LogP contribution in [0.3, 0.4) is 0 Å². The van der Waals surface area contributed by atoms with Gasteiger partial charge in [0.15, 0.2) is 5.89 Å². The van der Waals surface area contributed by atoms with E-state index in [0.717, 1.165) is 37.0 Å². The van der Waals surface area contributed by atoms with Gasteiger partial charge in [-0.05, 0) is 19.8 Å². The summed E-state index contributed by atoms with van der Waals surface area (Å²) in [5.41, 5.74) is 0.990. The first-order chi connectivity index (χ1) is 7.34. The van der Waals surface area contributed by atoms with E-state index in [2.05, 4.69) is 10.3 Å². The molecule has 82 valence electrons. The Morgan fingerprint density at radius 1 is 1.40 bits per heavy atom. The van der Waals surface area contributed by atoms with Crippen molar-refractivity contribution in [2.45, 2.75) is 31.8 Å². The molecule has 2 heterocycles. The number of oxazole rings is 1. The smallest absolute Gasteiger partial charge is 0.197 e. The van der Waals surface area contributed by atoms with Crippen LogP contribution in [-0.4, -0.2) is 24.7 Å². The molecule has 2 aliphatic rings. The van der Waals surface area contributed by atoms with E-state index in [4.69, 9.17) is 9.15 Å². The van der Waals surface area contributed by atoms with Crippen LogP contribution in [0, 0.1) is 6.92 Å². The van der Waals surface area contributed by atoms with E-state index in [9.17, 15) is 0 Å². The monoisotopic (exact) mass is 208 g/mol. The van der Waals surface area contributed by atoms with Gasteiger partial charge in [0.25, 0.3) is 0 Å². The molecule has 1 saturated heterocycles. The van der Waals surface area contributed by atoms with Crippen LogP contribution < -0.4 is 5.32 Å². The summed E-state index contributed by atoms with van der Waals surface area (Å²) in [7, 11) is 0. The third-order valence-corrected chi connectivity index (χ3v) is 3.01. The lowest BCUT2D eigenvalue weighted by molar-refractivity contribution is 0.0244. The number of rotatable bonds is 2. The minimum absolute atomic E-state index is 0.0787. The number of aromatic nitrogens is 1. The second-order valence-corrected chi connectivity index (χ2v) is 4.33. The summed E-state index contributed by atoms with van der Waals surface area (Å²) in [4.78, 5) is 4.56. The summed E-state index contributed by atoms with van der Waals surface area (Å²) in [6.45, 7) is 4.52. The molecule has 1 aliphatic carbocycles. The highest BCUT2D eigenvalue weighted by molar-refractivity contribution is 5.16. The number of hydrogen-bond donors (Lipinski definition) is 1. The molecule has 1 N–H and O–H groups in total. The quantitative estimate of drug-likeness (QED) is 0.800. The molecule has 2 fully saturated rings. The minimum Gasteiger partial charge on any atom is -0.445 e. The first-order valence-corrected chi connectivity index (χ1v) is 5.64. The van der Waals surface area contributed by atoms with Crippen molar-refractivity contribution in [1.82, 2.24) is 10.3 Å². The van der Waals surface area contributed by atoms with Gasteiger partial charge in [-0.15, -0.1) is 0 Å². The molecule has 15 heavy (non-hydrogen) atoms. The normalized spacial score (nSPS) is 26.9. The average Bonchev–Trinajstić information content (AvgIpc) is 3.04. The summed E-state index contributed by atoms with van der Waals surface area (Å²) in [5, 5.41) is 3.31. The van der Waals surface area contributed by atoms with Gasteiger partial charge in [-0.3, -0.25) is 0 Å². The predicted octanol–water partition coefficient (Wildman–Crippen LogP) is 1.52. The third kappa shape index (κ3) is 1.79. The van der Waals surface area contributed by atoms with E-state index < -0.39 is 0 Å². The maximum atomic E-state index is 5.67. The fourth-order valence-electron chi connectivity index (χ4n) is 1.97. The maximum Gasteiger partial charge on any atom is 0.197 e. The lowest BCUT2D eigenvalue weighted by Crippen LogP contribution is -2.33. The van der Waals surface area contributed by atoms with E-state index in [1.807, 2.05) is 6.92 Å². The summed E-state index contributed by atoms with van der Waals surface area (Å²) in [5.74, 6) is 2.41. The molecule has 4 nitrogen and oxygen atoms in total. The highest BCUT2D eigenvalue weighted by Gasteiger charge is 2.31. The van der Waals surface area contributed by atoms with Crippen molar-refractivity contribution in [3.63, 3.8) is 0 Å². The Balaban J connectivity index is 1.82. The minimum atomic E-state index is 0.0787. The van der Waals surface area contributed by atoms with Crippen LogP contribution in [0.1, 0.15) is 42.2 Å². The molecule has 1 aromatic rings. The van der Waals surface area contributed by atoms with Gasteiger partial charge in [-0.25, -0.2) is 4.98 Å². The topological polar surface area (TPSA) is 47.3 Å². The molecule has 1 unspecified atom stereocenters. The first kappa shape index (κ1) is 9.36. The second-order valence-electron chi connectivity index (χ2n) is 4.33. The molecule has 0 amide bonds. The van der Waals surface area contributed by atoms with Crippen molar-refractivity contribution >= 4 is 0 Å². The van der Waals surface area contributed by atoms with Crippen molar-refractivity contribution in [3.8, 4) is 0 Å². The summed E-state index contributed by atoms with van der Waals surface area (Å²) in [6.07, 6.45) is 2.53. The number of hydrogen-bond acceptors (Lipinski definition) is 4. The molecule has 1 aromatic heterocycles. The Hall–Kier alpha value is -0.870. The van der Waals surface area contributed by atoms with Crippen LogP contribution in [0.5, 0.6) is 0 Å². The molecule has 1 atom stereocenters. The van der Waals surface area contributed by atoms with Gasteiger partial charge in [0.2, 0.25) is 0 Å². The average molecular weight is 208 g/mol. The highest BCUT2D eigenvalue weighted by Crippen LogP contribution is 2.40. The largest absolute Gasteiger partial charge is 0.445 e. The first-order valence-electron chi connectivity index (χ1n) is 5.64. The molecule has 3 rings (SSSR count). The number of nitrogens with zero attached hydrogens (tertiary/aromatic N) is 1. The standard InChI is InChI=1S/C11H16N2O2/c1-7-10(9-6-12-4-5-14-9)13-11(15-7)8-2-3-8/h8-9,12H,2-6H2,1H3. The van der Waals surface area contributed by atoms with Gasteiger partial charge < -0.3 is 14.5 Å². The fraction of sp³-hybridized carbons (Fsp3) is 0.727. The zero-order valence-electron chi connectivity index (χ0n) is 8.95. The van der Waals surface area contributed by atoms with Gasteiger partial charge in [-0.2, -0.15) is 0 Å². The number of aryl methyl sites for hydroxylation is 1. The molecule has 1 saturated carbocycles. The SMILES string of the molecule is Cc1oc(C2CC2)nc1C1CNCCO1. The van der Waals surface area contributed by atoms with Gasteiger partial charge in [-0.1, -0.05) is 0 Å². The Morgan fingerprint density at radius 2 is 2.27 bits per heavy atom. The van der Waals surface area contributed by atoms with Crippen molar-refractivity contribution in [2.75, 3.05) is 19.7 Å². The van der Waals surface area contributed by atoms with Gasteiger partial charge in [0, 0.05) is 19.0 Å². The van der Waals surface area contributed by atoms with Crippen LogP contribution >= 0.6 is 0 Å². The number of ether oxygens (including phenoxy) is 1. The van der Waals surface area contributed by atoms with Gasteiger partial charge in [0.1, 0.15) is 17.6 Å². The Morgan fingerprint density at radius 3 is 2.93 bits per heavy atom. The van der Waals surface area contributed by atoms with E-state index in [1.54, 1.807) is 0 Å². The van der Waals surface area contributed by atoms with Crippen LogP contribution in [0.2, 0.25) is 0 Å². The van der Waals surface area contributed by atoms with Crippen molar-refractivity contribution in [3.05, 3.63) is 17.3 Å². The summed E-state index contributed by atoms with van der Waals surface area (Å²) in [6, 6.07) is 0. The molecule has 0 aromatic carbocycles. The van der Waals surface area contributed by atoms with Crippen LogP contribution in [0.15, 0.2) is 4.42 Å². The molecule has 0 radical (unpaired) electrons. The van der Waals surface area contributed by atoms with E-state index in [1.165, 1.54) is 12.8 Å². The van der Waals surface area contributed by atoms with Gasteiger partial charge >= 0.3 is 0 Å². The summed E-state index contributed by atoms with van der Waals surface area (Å²) < 4.78 is 11.3. The molecule has 4 heteroatoms. The fourth-order valence-corrected chi connectivity index (χ4v) is 1.97. The summed E-state index contributed by atoms with van der Waals surface area (Å²) >= 11 is 0. The van der Waals surface area contributed by atoms with E-state index in [0.29, 0.717) is 5.92 Å². The maximum absolute atomic E-state index is 5.67. The van der Waals surface area contributed by atoms with E-state index in [-0.39, 0.29) is 6.10 Å². The Kier molecular flexibility index (Phi) is 2.25. The van der Waals surface area contributed by atoms with Crippen molar-refractivity contribution < 1.29 is 9.15 Å². The van der Waals surface area contributed by atoms with Crippen LogP contribution in [0.4, 0.5) is 0 Å². The van der Waals surface area contributed by atoms with Gasteiger partial charge in [0.05, 0.1) is 6.61 Å². The second kappa shape index (κ2) is 3.61. The number of nitrogens with one attached hydrogen (secondary N) is 1. The molecular formula is C11H16N2O2. The molecular weight excluding hydrogens is 192 g/mol. The molecule has 0 spiro atoms. The predicted molar refractivity (Wildman–Crippen MR) is 54.8 cm³/mol. The van der Waals surface area contributed by atoms with E-state index >= 15 is 0 Å². The zero-order valence-corrected chi connectivity index (χ0v) is 8.95. The van der Waals surface area contributed by atoms with Crippen LogP contribution in [-0.2, 0) is 4.74 Å². The van der Waals surface area contributed by atoms with Crippen LogP contribution in [0.25, 0.3) is 0 Å². The lowest BCUT2D eigenvalue weighted by Gasteiger charge is -2.22. The lowest BCUT2D eigenvalue weighted by atomic mass is 10.2. The van der Waals surface area contributed by atoms with Crippen molar-refractivity contribution in [1.29, 1.82) is 0 Å².